The summed E-state index contributed by atoms with van der Waals surface area (Å²) in [5.41, 5.74) is 1.97. The largest absolute Gasteiger partial charge is 0.496 e. The highest BCUT2D eigenvalue weighted by Gasteiger charge is 2.62. The first kappa shape index (κ1) is 16.5. The molecule has 0 spiro atoms. The molecule has 1 aliphatic heterocycles. The smallest absolute Gasteiger partial charge is 0.297 e. The Balaban J connectivity index is 1.79. The van der Waals surface area contributed by atoms with Crippen LogP contribution in [0.15, 0.2) is 41.5 Å². The van der Waals surface area contributed by atoms with Gasteiger partial charge in [0.2, 0.25) is 11.8 Å². The summed E-state index contributed by atoms with van der Waals surface area (Å²) >= 11 is 0. The van der Waals surface area contributed by atoms with Crippen molar-refractivity contribution in [3.05, 3.63) is 51.6 Å². The van der Waals surface area contributed by atoms with Gasteiger partial charge in [0.25, 0.3) is 5.69 Å². The molecule has 2 aliphatic carbocycles. The molecule has 1 saturated heterocycles. The summed E-state index contributed by atoms with van der Waals surface area (Å²) in [4.78, 5) is 38.0. The predicted molar refractivity (Wildman–Crippen MR) is 93.6 cm³/mol. The number of benzene rings is 1. The number of amides is 2. The number of imide groups is 1. The van der Waals surface area contributed by atoms with E-state index in [-0.39, 0.29) is 35.0 Å². The van der Waals surface area contributed by atoms with Crippen molar-refractivity contribution in [2.24, 2.45) is 23.7 Å². The van der Waals surface area contributed by atoms with Crippen LogP contribution >= 0.6 is 0 Å². The molecule has 1 heterocycles. The van der Waals surface area contributed by atoms with Gasteiger partial charge in [-0.3, -0.25) is 19.7 Å². The maximum Gasteiger partial charge on any atom is 0.297 e. The van der Waals surface area contributed by atoms with Gasteiger partial charge in [-0.2, -0.15) is 0 Å². The second-order valence-electron chi connectivity index (χ2n) is 7.07. The third kappa shape index (κ3) is 2.00. The Hall–Kier alpha value is -2.96. The first-order chi connectivity index (χ1) is 12.4. The highest BCUT2D eigenvalue weighted by atomic mass is 16.6. The maximum absolute atomic E-state index is 13.1. The van der Waals surface area contributed by atoms with E-state index in [1.165, 1.54) is 25.3 Å². The van der Waals surface area contributed by atoms with Crippen LogP contribution in [0, 0.1) is 33.8 Å². The average molecular weight is 354 g/mol. The van der Waals surface area contributed by atoms with Crippen molar-refractivity contribution >= 4 is 23.2 Å². The average Bonchev–Trinajstić information content (AvgIpc) is 3.24. The number of nitrogens with zero attached hydrogens (tertiary/aromatic N) is 2. The molecule has 1 aromatic carbocycles. The third-order valence-corrected chi connectivity index (χ3v) is 5.61. The molecule has 0 radical (unpaired) electrons. The molecule has 2 bridgehead atoms. The molecule has 7 nitrogen and oxygen atoms in total. The molecule has 7 heteroatoms. The highest BCUT2D eigenvalue weighted by molar-refractivity contribution is 6.24. The molecule has 1 saturated carbocycles. The minimum absolute atomic E-state index is 0.0124. The Morgan fingerprint density at radius 1 is 1.12 bits per heavy atom. The van der Waals surface area contributed by atoms with Crippen LogP contribution in [0.1, 0.15) is 13.8 Å². The van der Waals surface area contributed by atoms with Crippen LogP contribution < -0.4 is 9.64 Å². The molecule has 2 fully saturated rings. The van der Waals surface area contributed by atoms with E-state index in [2.05, 4.69) is 0 Å². The quantitative estimate of drug-likeness (QED) is 0.360. The number of ether oxygens (including phenoxy) is 1. The van der Waals surface area contributed by atoms with Gasteiger partial charge in [-0.05, 0) is 26.0 Å². The van der Waals surface area contributed by atoms with Crippen LogP contribution in [0.3, 0.4) is 0 Å². The molecule has 0 aromatic heterocycles. The molecule has 3 aliphatic rings. The number of nitro groups is 1. The Labute approximate surface area is 150 Å². The molecular formula is C19H18N2O5. The van der Waals surface area contributed by atoms with Gasteiger partial charge in [0.05, 0.1) is 29.9 Å². The molecule has 134 valence electrons. The van der Waals surface area contributed by atoms with E-state index in [9.17, 15) is 19.7 Å². The first-order valence-electron chi connectivity index (χ1n) is 8.42. The number of methoxy groups -OCH3 is 1. The Morgan fingerprint density at radius 3 is 2.15 bits per heavy atom. The van der Waals surface area contributed by atoms with Crippen LogP contribution in [0.4, 0.5) is 11.4 Å². The van der Waals surface area contributed by atoms with Crippen LogP contribution in [-0.4, -0.2) is 23.8 Å². The zero-order valence-electron chi connectivity index (χ0n) is 14.6. The van der Waals surface area contributed by atoms with E-state index in [0.717, 1.165) is 16.0 Å². The normalized spacial score (nSPS) is 28.7. The van der Waals surface area contributed by atoms with Crippen molar-refractivity contribution in [1.82, 2.24) is 0 Å². The van der Waals surface area contributed by atoms with Gasteiger partial charge in [0, 0.05) is 11.8 Å². The van der Waals surface area contributed by atoms with Crippen molar-refractivity contribution in [3.63, 3.8) is 0 Å². The fourth-order valence-electron chi connectivity index (χ4n) is 4.63. The van der Waals surface area contributed by atoms with Crippen molar-refractivity contribution in [2.75, 3.05) is 12.0 Å². The fraction of sp³-hybridized carbons (Fsp3) is 0.368. The van der Waals surface area contributed by atoms with E-state index in [1.807, 2.05) is 26.0 Å². The van der Waals surface area contributed by atoms with E-state index >= 15 is 0 Å². The summed E-state index contributed by atoms with van der Waals surface area (Å²) in [6, 6.07) is 4.16. The maximum atomic E-state index is 13.1. The summed E-state index contributed by atoms with van der Waals surface area (Å²) in [6.45, 7) is 3.98. The fourth-order valence-corrected chi connectivity index (χ4v) is 4.63. The second-order valence-corrected chi connectivity index (χ2v) is 7.07. The topological polar surface area (TPSA) is 89.8 Å². The van der Waals surface area contributed by atoms with Crippen molar-refractivity contribution in [2.45, 2.75) is 13.8 Å². The summed E-state index contributed by atoms with van der Waals surface area (Å²) < 4.78 is 5.03. The van der Waals surface area contributed by atoms with Gasteiger partial charge < -0.3 is 4.74 Å². The zero-order chi connectivity index (χ0) is 18.7. The van der Waals surface area contributed by atoms with Crippen molar-refractivity contribution < 1.29 is 19.2 Å². The van der Waals surface area contributed by atoms with Crippen molar-refractivity contribution in [3.8, 4) is 5.75 Å². The predicted octanol–water partition coefficient (Wildman–Crippen LogP) is 2.86. The lowest BCUT2D eigenvalue weighted by molar-refractivity contribution is -0.384. The van der Waals surface area contributed by atoms with Crippen molar-refractivity contribution in [1.29, 1.82) is 0 Å². The van der Waals surface area contributed by atoms with Gasteiger partial charge in [-0.1, -0.05) is 23.3 Å². The number of anilines is 1. The van der Waals surface area contributed by atoms with Crippen LogP contribution in [-0.2, 0) is 9.59 Å². The number of hydrogen-bond acceptors (Lipinski definition) is 5. The number of carbonyl (C=O) groups excluding carboxylic acids is 2. The summed E-state index contributed by atoms with van der Waals surface area (Å²) in [7, 11) is 1.40. The SMILES string of the molecule is COc1ccc(N2C(=O)[C@H]3[C@H](C2=O)[C@H]2C=C[C@H]3C2=C(C)C)c([N+](=O)[O-])c1. The summed E-state index contributed by atoms with van der Waals surface area (Å²) in [5, 5.41) is 11.5. The van der Waals surface area contributed by atoms with Gasteiger partial charge in [0.15, 0.2) is 0 Å². The highest BCUT2D eigenvalue weighted by Crippen LogP contribution is 2.57. The Bertz CT molecular complexity index is 879. The Kier molecular flexibility index (Phi) is 3.50. The number of hydrogen-bond donors (Lipinski definition) is 0. The molecule has 26 heavy (non-hydrogen) atoms. The second kappa shape index (κ2) is 5.52. The molecule has 0 N–H and O–H groups in total. The molecular weight excluding hydrogens is 336 g/mol. The molecule has 1 aromatic rings. The molecule has 0 unspecified atom stereocenters. The monoisotopic (exact) mass is 354 g/mol. The van der Waals surface area contributed by atoms with Crippen LogP contribution in [0.2, 0.25) is 0 Å². The molecule has 4 rings (SSSR count). The molecule has 4 atom stereocenters. The third-order valence-electron chi connectivity index (χ3n) is 5.61. The lowest BCUT2D eigenvalue weighted by Crippen LogP contribution is -2.33. The first-order valence-corrected chi connectivity index (χ1v) is 8.42. The summed E-state index contributed by atoms with van der Waals surface area (Å²) in [5.74, 6) is -1.53. The van der Waals surface area contributed by atoms with Crippen LogP contribution in [0.5, 0.6) is 5.75 Å². The number of rotatable bonds is 3. The zero-order valence-corrected chi connectivity index (χ0v) is 14.6. The Morgan fingerprint density at radius 2 is 1.69 bits per heavy atom. The lowest BCUT2D eigenvalue weighted by Gasteiger charge is -2.19. The van der Waals surface area contributed by atoms with Crippen LogP contribution in [0.25, 0.3) is 0 Å². The minimum atomic E-state index is -0.596. The van der Waals surface area contributed by atoms with E-state index < -0.39 is 16.8 Å². The number of allylic oxidation sites excluding steroid dienone is 4. The molecule has 2 amide bonds. The van der Waals surface area contributed by atoms with E-state index in [0.29, 0.717) is 5.75 Å². The van der Waals surface area contributed by atoms with E-state index in [4.69, 9.17) is 4.74 Å². The standard InChI is InChI=1S/C19H18N2O5/c1-9(2)15-11-5-6-12(15)17-16(11)18(22)20(19(17)23)13-7-4-10(26-3)8-14(13)21(24)25/h4-8,11-12,16-17H,1-3H3/t11-,12-,16+,17+/m0/s1. The summed E-state index contributed by atoms with van der Waals surface area (Å²) in [6.07, 6.45) is 3.98. The van der Waals surface area contributed by atoms with Gasteiger partial charge in [0.1, 0.15) is 11.4 Å². The lowest BCUT2D eigenvalue weighted by atomic mass is 9.85. The van der Waals surface area contributed by atoms with Gasteiger partial charge >= 0.3 is 0 Å². The minimum Gasteiger partial charge on any atom is -0.496 e. The number of nitro benzene ring substituents is 1. The van der Waals surface area contributed by atoms with E-state index in [1.54, 1.807) is 0 Å². The number of fused-ring (bicyclic) bond motifs is 5. The van der Waals surface area contributed by atoms with Gasteiger partial charge in [-0.15, -0.1) is 0 Å². The number of carbonyl (C=O) groups is 2. The van der Waals surface area contributed by atoms with Gasteiger partial charge in [-0.25, -0.2) is 4.90 Å².